The minimum Gasteiger partial charge on any atom is -0.496 e. The minimum absolute atomic E-state index is 0.0347. The topological polar surface area (TPSA) is 79.0 Å². The molecule has 0 spiro atoms. The molecule has 2 aromatic rings. The summed E-state index contributed by atoms with van der Waals surface area (Å²) in [6.45, 7) is 2.52. The van der Waals surface area contributed by atoms with E-state index >= 15 is 0 Å². The van der Waals surface area contributed by atoms with Gasteiger partial charge in [-0.15, -0.1) is 0 Å². The summed E-state index contributed by atoms with van der Waals surface area (Å²) in [5.41, 5.74) is 1.30. The Hall–Kier alpha value is -3.06. The van der Waals surface area contributed by atoms with Crippen LogP contribution in [-0.4, -0.2) is 54.8 Å². The second kappa shape index (κ2) is 11.9. The zero-order chi connectivity index (χ0) is 24.7. The summed E-state index contributed by atoms with van der Waals surface area (Å²) in [7, 11) is 3.20. The molecule has 1 aliphatic heterocycles. The Kier molecular flexibility index (Phi) is 8.93. The summed E-state index contributed by atoms with van der Waals surface area (Å²) < 4.78 is 5.58. The number of likely N-dealkylation sites (N-methyl/N-ethyl adjacent to an activating group) is 1. The van der Waals surface area contributed by atoms with Crippen molar-refractivity contribution in [3.05, 3.63) is 59.1 Å². The van der Waals surface area contributed by atoms with Crippen LogP contribution in [0.25, 0.3) is 0 Å². The number of carbonyl (C=O) groups excluding carboxylic acids is 3. The molecule has 0 saturated carbocycles. The fourth-order valence-corrected chi connectivity index (χ4v) is 4.61. The second-order valence-electron chi connectivity index (χ2n) is 8.49. The van der Waals surface area contributed by atoms with Gasteiger partial charge in [-0.2, -0.15) is 0 Å². The third kappa shape index (κ3) is 5.89. The molecule has 1 saturated heterocycles. The maximum Gasteiger partial charge on any atom is 0.244 e. The predicted octanol–water partition coefficient (Wildman–Crippen LogP) is 4.53. The molecule has 3 amide bonds. The van der Waals surface area contributed by atoms with Gasteiger partial charge in [0.2, 0.25) is 17.7 Å². The number of anilines is 1. The van der Waals surface area contributed by atoms with Gasteiger partial charge in [0.25, 0.3) is 0 Å². The van der Waals surface area contributed by atoms with Gasteiger partial charge in [-0.3, -0.25) is 14.4 Å². The first kappa shape index (κ1) is 25.6. The number of unbranched alkanes of at least 4 members (excludes halogenated alkanes) is 1. The molecule has 1 fully saturated rings. The van der Waals surface area contributed by atoms with Crippen LogP contribution >= 0.6 is 11.6 Å². The smallest absolute Gasteiger partial charge is 0.244 e. The first-order valence-corrected chi connectivity index (χ1v) is 12.0. The van der Waals surface area contributed by atoms with E-state index in [0.717, 1.165) is 18.4 Å². The molecule has 2 unspecified atom stereocenters. The molecule has 2 atom stereocenters. The fourth-order valence-electron chi connectivity index (χ4n) is 4.43. The van der Waals surface area contributed by atoms with Gasteiger partial charge in [0, 0.05) is 25.6 Å². The number of ether oxygens (including phenoxy) is 1. The number of hydrogen-bond acceptors (Lipinski definition) is 4. The van der Waals surface area contributed by atoms with Crippen molar-refractivity contribution in [3.63, 3.8) is 0 Å². The lowest BCUT2D eigenvalue weighted by molar-refractivity contribution is -0.148. The maximum atomic E-state index is 13.6. The number of nitrogens with one attached hydrogen (secondary N) is 1. The Balaban J connectivity index is 1.83. The van der Waals surface area contributed by atoms with Crippen molar-refractivity contribution < 1.29 is 19.1 Å². The van der Waals surface area contributed by atoms with Gasteiger partial charge >= 0.3 is 0 Å². The van der Waals surface area contributed by atoms with Crippen LogP contribution < -0.4 is 10.1 Å². The summed E-state index contributed by atoms with van der Waals surface area (Å²) in [4.78, 5) is 42.4. The summed E-state index contributed by atoms with van der Waals surface area (Å²) in [5.74, 6) is -0.330. The molecular weight excluding hydrogens is 454 g/mol. The van der Waals surface area contributed by atoms with Gasteiger partial charge < -0.3 is 19.9 Å². The lowest BCUT2D eigenvalue weighted by Crippen LogP contribution is -2.49. The van der Waals surface area contributed by atoms with E-state index in [9.17, 15) is 14.4 Å². The molecule has 8 heteroatoms. The molecule has 34 heavy (non-hydrogen) atoms. The molecule has 1 aliphatic rings. The lowest BCUT2D eigenvalue weighted by Gasteiger charge is -2.42. The number of rotatable bonds is 9. The van der Waals surface area contributed by atoms with Crippen LogP contribution in [0.4, 0.5) is 5.69 Å². The first-order chi connectivity index (χ1) is 16.4. The zero-order valence-electron chi connectivity index (χ0n) is 19.9. The van der Waals surface area contributed by atoms with Crippen molar-refractivity contribution in [2.24, 2.45) is 5.92 Å². The molecule has 0 bridgehead atoms. The highest BCUT2D eigenvalue weighted by molar-refractivity contribution is 6.33. The number of likely N-dealkylation sites (tertiary alicyclic amines) is 1. The van der Waals surface area contributed by atoms with E-state index in [2.05, 4.69) is 12.2 Å². The molecule has 7 nitrogen and oxygen atoms in total. The highest BCUT2D eigenvalue weighted by atomic mass is 35.5. The monoisotopic (exact) mass is 485 g/mol. The van der Waals surface area contributed by atoms with Crippen LogP contribution in [0.2, 0.25) is 5.02 Å². The largest absolute Gasteiger partial charge is 0.496 e. The molecule has 3 rings (SSSR count). The fraction of sp³-hybridized carbons (Fsp3) is 0.423. The first-order valence-electron chi connectivity index (χ1n) is 11.6. The van der Waals surface area contributed by atoms with Crippen molar-refractivity contribution in [2.45, 2.75) is 38.6 Å². The number of para-hydroxylation sites is 2. The van der Waals surface area contributed by atoms with Crippen molar-refractivity contribution in [3.8, 4) is 5.75 Å². The van der Waals surface area contributed by atoms with E-state index in [0.29, 0.717) is 35.8 Å². The van der Waals surface area contributed by atoms with E-state index in [1.807, 2.05) is 29.2 Å². The van der Waals surface area contributed by atoms with Gasteiger partial charge in [-0.25, -0.2) is 0 Å². The number of methoxy groups -OCH3 is 1. The number of piperidine rings is 1. The van der Waals surface area contributed by atoms with Crippen LogP contribution in [0.3, 0.4) is 0 Å². The summed E-state index contributed by atoms with van der Waals surface area (Å²) in [6, 6.07) is 14.0. The molecule has 0 radical (unpaired) electrons. The van der Waals surface area contributed by atoms with Crippen molar-refractivity contribution in [1.82, 2.24) is 9.80 Å². The van der Waals surface area contributed by atoms with Crippen molar-refractivity contribution in [2.75, 3.05) is 32.6 Å². The molecule has 1 N–H and O–H groups in total. The molecular formula is C26H32ClN3O4. The van der Waals surface area contributed by atoms with Crippen LogP contribution in [0, 0.1) is 5.92 Å². The minimum atomic E-state index is -0.482. The van der Waals surface area contributed by atoms with E-state index < -0.39 is 12.0 Å². The summed E-state index contributed by atoms with van der Waals surface area (Å²) in [6.07, 6.45) is 2.49. The Labute approximate surface area is 206 Å². The second-order valence-corrected chi connectivity index (χ2v) is 8.90. The standard InChI is InChI=1S/C26H32ClN3O4/c1-4-5-16-30-24(32)15-14-19(25(30)18-10-6-9-13-22(18)34-3)26(33)29(2)17-23(31)28-21-12-8-7-11-20(21)27/h6-13,19,25H,4-5,14-17H2,1-3H3,(H,28,31). The number of halogens is 1. The third-order valence-corrected chi connectivity index (χ3v) is 6.47. The van der Waals surface area contributed by atoms with E-state index in [1.54, 1.807) is 38.4 Å². The normalized spacial score (nSPS) is 17.9. The van der Waals surface area contributed by atoms with Crippen LogP contribution in [-0.2, 0) is 14.4 Å². The van der Waals surface area contributed by atoms with E-state index in [-0.39, 0.29) is 24.3 Å². The van der Waals surface area contributed by atoms with Gasteiger partial charge in [0.1, 0.15) is 5.75 Å². The van der Waals surface area contributed by atoms with Gasteiger partial charge in [-0.05, 0) is 31.0 Å². The number of amides is 3. The molecule has 0 aliphatic carbocycles. The zero-order valence-corrected chi connectivity index (χ0v) is 20.7. The van der Waals surface area contributed by atoms with Crippen molar-refractivity contribution >= 4 is 35.0 Å². The van der Waals surface area contributed by atoms with Gasteiger partial charge in [0.05, 0.1) is 36.3 Å². The highest BCUT2D eigenvalue weighted by Gasteiger charge is 2.42. The van der Waals surface area contributed by atoms with Crippen molar-refractivity contribution in [1.29, 1.82) is 0 Å². The van der Waals surface area contributed by atoms with Crippen LogP contribution in [0.5, 0.6) is 5.75 Å². The van der Waals surface area contributed by atoms with E-state index in [4.69, 9.17) is 16.3 Å². The quantitative estimate of drug-likeness (QED) is 0.566. The maximum absolute atomic E-state index is 13.6. The number of nitrogens with zero attached hydrogens (tertiary/aromatic N) is 2. The number of hydrogen-bond donors (Lipinski definition) is 1. The summed E-state index contributed by atoms with van der Waals surface area (Å²) >= 11 is 6.13. The Morgan fingerprint density at radius 1 is 1.18 bits per heavy atom. The Morgan fingerprint density at radius 3 is 2.59 bits per heavy atom. The molecule has 2 aromatic carbocycles. The summed E-state index contributed by atoms with van der Waals surface area (Å²) in [5, 5.41) is 3.18. The average molecular weight is 486 g/mol. The number of carbonyl (C=O) groups is 3. The SMILES string of the molecule is CCCCN1C(=O)CCC(C(=O)N(C)CC(=O)Nc2ccccc2Cl)C1c1ccccc1OC. The van der Waals surface area contributed by atoms with Crippen LogP contribution in [0.15, 0.2) is 48.5 Å². The Morgan fingerprint density at radius 2 is 1.88 bits per heavy atom. The number of benzene rings is 2. The highest BCUT2D eigenvalue weighted by Crippen LogP contribution is 2.41. The van der Waals surface area contributed by atoms with Crippen LogP contribution in [0.1, 0.15) is 44.2 Å². The average Bonchev–Trinajstić information content (AvgIpc) is 2.84. The molecule has 1 heterocycles. The Bertz CT molecular complexity index is 1030. The molecule has 182 valence electrons. The lowest BCUT2D eigenvalue weighted by atomic mass is 9.82. The van der Waals surface area contributed by atoms with Gasteiger partial charge in [-0.1, -0.05) is 55.3 Å². The van der Waals surface area contributed by atoms with Gasteiger partial charge in [0.15, 0.2) is 0 Å². The predicted molar refractivity (Wildman–Crippen MR) is 133 cm³/mol. The van der Waals surface area contributed by atoms with E-state index in [1.165, 1.54) is 4.90 Å². The molecule has 0 aromatic heterocycles. The third-order valence-electron chi connectivity index (χ3n) is 6.14.